The maximum atomic E-state index is 11.8. The number of nitrogens with one attached hydrogen (secondary N) is 1. The minimum atomic E-state index is -0.0743. The standard InChI is InChI=1S/C19H26N4O/c24-18-8-7-16-15(14-22-9-3-1-4-10-22)13-17(20-19(16)21-18)23-11-5-2-6-12-23/h7-8,13H,1-6,9-12,14H2,(H,20,21,24). The first-order valence-corrected chi connectivity index (χ1v) is 9.30. The van der Waals surface area contributed by atoms with E-state index in [4.69, 9.17) is 4.98 Å². The Bertz CT molecular complexity index is 758. The van der Waals surface area contributed by atoms with Gasteiger partial charge in [0.05, 0.1) is 0 Å². The molecule has 2 fully saturated rings. The fourth-order valence-corrected chi connectivity index (χ4v) is 3.97. The van der Waals surface area contributed by atoms with E-state index in [0.29, 0.717) is 0 Å². The van der Waals surface area contributed by atoms with Gasteiger partial charge in [0.2, 0.25) is 5.56 Å². The molecule has 2 aromatic rings. The molecule has 0 radical (unpaired) electrons. The number of nitrogens with zero attached hydrogens (tertiary/aromatic N) is 3. The van der Waals surface area contributed by atoms with Gasteiger partial charge in [0, 0.05) is 31.1 Å². The van der Waals surface area contributed by atoms with E-state index in [0.717, 1.165) is 36.5 Å². The van der Waals surface area contributed by atoms with Crippen LogP contribution >= 0.6 is 0 Å². The number of anilines is 1. The van der Waals surface area contributed by atoms with E-state index in [9.17, 15) is 4.79 Å². The number of likely N-dealkylation sites (tertiary alicyclic amines) is 1. The summed E-state index contributed by atoms with van der Waals surface area (Å²) in [7, 11) is 0. The fraction of sp³-hybridized carbons (Fsp3) is 0.579. The quantitative estimate of drug-likeness (QED) is 0.942. The molecule has 0 aliphatic carbocycles. The summed E-state index contributed by atoms with van der Waals surface area (Å²) in [6.45, 7) is 5.43. The van der Waals surface area contributed by atoms with Crippen molar-refractivity contribution in [1.82, 2.24) is 14.9 Å². The van der Waals surface area contributed by atoms with E-state index in [1.165, 1.54) is 57.2 Å². The Labute approximate surface area is 142 Å². The highest BCUT2D eigenvalue weighted by Gasteiger charge is 2.17. The SMILES string of the molecule is O=c1ccc2c(CN3CCCCC3)cc(N3CCCCC3)nc2[nH]1. The van der Waals surface area contributed by atoms with E-state index < -0.39 is 0 Å². The molecule has 0 atom stereocenters. The van der Waals surface area contributed by atoms with Crippen molar-refractivity contribution in [2.75, 3.05) is 31.1 Å². The number of hydrogen-bond donors (Lipinski definition) is 1. The van der Waals surface area contributed by atoms with Crippen LogP contribution in [0.15, 0.2) is 23.0 Å². The fourth-order valence-electron chi connectivity index (χ4n) is 3.97. The van der Waals surface area contributed by atoms with Gasteiger partial charge in [-0.05, 0) is 62.9 Å². The van der Waals surface area contributed by atoms with Crippen LogP contribution in [0.4, 0.5) is 5.82 Å². The second-order valence-corrected chi connectivity index (χ2v) is 7.11. The molecule has 1 N–H and O–H groups in total. The Kier molecular flexibility index (Phi) is 4.52. The molecule has 0 spiro atoms. The number of aromatic amines is 1. The molecule has 2 aliphatic rings. The monoisotopic (exact) mass is 326 g/mol. The summed E-state index contributed by atoms with van der Waals surface area (Å²) in [4.78, 5) is 24.4. The van der Waals surface area contributed by atoms with Crippen LogP contribution in [0.1, 0.15) is 44.1 Å². The zero-order valence-electron chi connectivity index (χ0n) is 14.3. The summed E-state index contributed by atoms with van der Waals surface area (Å²) in [6.07, 6.45) is 7.69. The van der Waals surface area contributed by atoms with Crippen molar-refractivity contribution in [1.29, 1.82) is 0 Å². The molecule has 24 heavy (non-hydrogen) atoms. The van der Waals surface area contributed by atoms with Crippen molar-refractivity contribution in [3.05, 3.63) is 34.1 Å². The Morgan fingerprint density at radius 2 is 1.67 bits per heavy atom. The molecule has 4 heterocycles. The average molecular weight is 326 g/mol. The van der Waals surface area contributed by atoms with Gasteiger partial charge in [0.25, 0.3) is 0 Å². The van der Waals surface area contributed by atoms with Gasteiger partial charge in [-0.3, -0.25) is 9.69 Å². The van der Waals surface area contributed by atoms with Crippen LogP contribution in [0.2, 0.25) is 0 Å². The van der Waals surface area contributed by atoms with Crippen LogP contribution in [0, 0.1) is 0 Å². The molecular formula is C19H26N4O. The summed E-state index contributed by atoms with van der Waals surface area (Å²) < 4.78 is 0. The van der Waals surface area contributed by atoms with Gasteiger partial charge in [-0.25, -0.2) is 4.98 Å². The average Bonchev–Trinajstić information content (AvgIpc) is 2.63. The molecule has 2 aromatic heterocycles. The Morgan fingerprint density at radius 1 is 0.958 bits per heavy atom. The van der Waals surface area contributed by atoms with Gasteiger partial charge >= 0.3 is 0 Å². The number of rotatable bonds is 3. The predicted octanol–water partition coefficient (Wildman–Crippen LogP) is 2.90. The minimum absolute atomic E-state index is 0.0743. The third-order valence-electron chi connectivity index (χ3n) is 5.30. The van der Waals surface area contributed by atoms with Crippen LogP contribution in [0.25, 0.3) is 11.0 Å². The second-order valence-electron chi connectivity index (χ2n) is 7.11. The lowest BCUT2D eigenvalue weighted by Gasteiger charge is -2.30. The normalized spacial score (nSPS) is 19.8. The topological polar surface area (TPSA) is 52.2 Å². The number of hydrogen-bond acceptors (Lipinski definition) is 4. The third kappa shape index (κ3) is 3.31. The molecule has 0 saturated carbocycles. The largest absolute Gasteiger partial charge is 0.357 e. The summed E-state index contributed by atoms with van der Waals surface area (Å²) >= 11 is 0. The van der Waals surface area contributed by atoms with Crippen LogP contribution in [0.5, 0.6) is 0 Å². The Morgan fingerprint density at radius 3 is 2.42 bits per heavy atom. The number of piperidine rings is 2. The van der Waals surface area contributed by atoms with E-state index in [1.807, 2.05) is 6.07 Å². The zero-order chi connectivity index (χ0) is 16.4. The number of H-pyrrole nitrogens is 1. The first kappa shape index (κ1) is 15.6. The molecule has 5 heteroatoms. The van der Waals surface area contributed by atoms with Gasteiger partial charge in [-0.1, -0.05) is 6.42 Å². The molecular weight excluding hydrogens is 300 g/mol. The summed E-state index contributed by atoms with van der Waals surface area (Å²) in [5.41, 5.74) is 1.95. The maximum absolute atomic E-state index is 11.8. The van der Waals surface area contributed by atoms with E-state index in [-0.39, 0.29) is 5.56 Å². The summed E-state index contributed by atoms with van der Waals surface area (Å²) in [6, 6.07) is 5.80. The van der Waals surface area contributed by atoms with E-state index in [2.05, 4.69) is 20.9 Å². The molecule has 0 unspecified atom stereocenters. The summed E-state index contributed by atoms with van der Waals surface area (Å²) in [5, 5.41) is 1.08. The molecule has 0 aromatic carbocycles. The van der Waals surface area contributed by atoms with Gasteiger partial charge in [0.15, 0.2) is 0 Å². The van der Waals surface area contributed by atoms with Crippen LogP contribution < -0.4 is 10.5 Å². The number of aromatic nitrogens is 2. The van der Waals surface area contributed by atoms with Crippen molar-refractivity contribution in [2.45, 2.75) is 45.1 Å². The predicted molar refractivity (Wildman–Crippen MR) is 97.6 cm³/mol. The number of fused-ring (bicyclic) bond motifs is 1. The highest BCUT2D eigenvalue weighted by atomic mass is 16.1. The summed E-state index contributed by atoms with van der Waals surface area (Å²) in [5.74, 6) is 1.02. The van der Waals surface area contributed by atoms with Crippen molar-refractivity contribution in [3.8, 4) is 0 Å². The number of pyridine rings is 2. The molecule has 2 saturated heterocycles. The van der Waals surface area contributed by atoms with Crippen molar-refractivity contribution >= 4 is 16.9 Å². The molecule has 2 aliphatic heterocycles. The maximum Gasteiger partial charge on any atom is 0.249 e. The lowest BCUT2D eigenvalue weighted by Crippen LogP contribution is -2.31. The third-order valence-corrected chi connectivity index (χ3v) is 5.30. The van der Waals surface area contributed by atoms with E-state index >= 15 is 0 Å². The smallest absolute Gasteiger partial charge is 0.249 e. The lowest BCUT2D eigenvalue weighted by atomic mass is 10.1. The first-order valence-electron chi connectivity index (χ1n) is 9.30. The Balaban J connectivity index is 1.72. The van der Waals surface area contributed by atoms with Gasteiger partial charge in [0.1, 0.15) is 11.5 Å². The molecule has 0 amide bonds. The minimum Gasteiger partial charge on any atom is -0.357 e. The Hall–Kier alpha value is -1.88. The molecule has 128 valence electrons. The first-order chi connectivity index (χ1) is 11.8. The zero-order valence-corrected chi connectivity index (χ0v) is 14.3. The van der Waals surface area contributed by atoms with Gasteiger partial charge in [-0.2, -0.15) is 0 Å². The van der Waals surface area contributed by atoms with E-state index in [1.54, 1.807) is 6.07 Å². The van der Waals surface area contributed by atoms with Crippen molar-refractivity contribution in [3.63, 3.8) is 0 Å². The van der Waals surface area contributed by atoms with Gasteiger partial charge in [-0.15, -0.1) is 0 Å². The van der Waals surface area contributed by atoms with Crippen molar-refractivity contribution < 1.29 is 0 Å². The van der Waals surface area contributed by atoms with Crippen LogP contribution in [0.3, 0.4) is 0 Å². The van der Waals surface area contributed by atoms with Crippen LogP contribution in [-0.2, 0) is 6.54 Å². The van der Waals surface area contributed by atoms with Crippen LogP contribution in [-0.4, -0.2) is 41.0 Å². The molecule has 4 rings (SSSR count). The highest BCUT2D eigenvalue weighted by molar-refractivity contribution is 5.80. The van der Waals surface area contributed by atoms with Gasteiger partial charge < -0.3 is 9.88 Å². The lowest BCUT2D eigenvalue weighted by molar-refractivity contribution is 0.221. The molecule has 0 bridgehead atoms. The second kappa shape index (κ2) is 6.93. The molecule has 5 nitrogen and oxygen atoms in total. The van der Waals surface area contributed by atoms with Crippen molar-refractivity contribution in [2.24, 2.45) is 0 Å². The highest BCUT2D eigenvalue weighted by Crippen LogP contribution is 2.25.